The number of fused-ring (bicyclic) bond motifs is 1. The molecule has 0 aliphatic heterocycles. The molecule has 0 spiro atoms. The summed E-state index contributed by atoms with van der Waals surface area (Å²) < 4.78 is 20.9. The van der Waals surface area contributed by atoms with Crippen LogP contribution in [0.4, 0.5) is 4.39 Å². The summed E-state index contributed by atoms with van der Waals surface area (Å²) in [4.78, 5) is 25.0. The van der Waals surface area contributed by atoms with Crippen molar-refractivity contribution < 1.29 is 18.7 Å². The lowest BCUT2D eigenvalue weighted by Gasteiger charge is -2.14. The molecule has 7 heteroatoms. The van der Waals surface area contributed by atoms with Crippen molar-refractivity contribution >= 4 is 23.5 Å². The molecule has 0 fully saturated rings. The first-order valence-electron chi connectivity index (χ1n) is 9.71. The number of aryl methyl sites for hydroxylation is 1. The zero-order valence-electron chi connectivity index (χ0n) is 16.7. The average Bonchev–Trinajstić information content (AvgIpc) is 3.12. The highest BCUT2D eigenvalue weighted by molar-refractivity contribution is 6.34. The molecular weight excluding hydrogens is 407 g/mol. The molecule has 0 amide bonds. The van der Waals surface area contributed by atoms with Crippen molar-refractivity contribution in [3.63, 3.8) is 0 Å². The molecule has 0 N–H and O–H groups in total. The highest BCUT2D eigenvalue weighted by Gasteiger charge is 2.28. The lowest BCUT2D eigenvalue weighted by Crippen LogP contribution is -2.19. The van der Waals surface area contributed by atoms with Crippen LogP contribution in [0.25, 0.3) is 11.3 Å². The first-order valence-corrected chi connectivity index (χ1v) is 10.1. The standard InChI is InChI=1S/C23H20ClFN2O3/c1-13-6-5-8-17(24)20(13)22(28)27-19-9-4-3-7-16(19)21(26-27)15-11-10-14(12-18(15)25)23(29)30-2/h5-6,8,10-12H,3-4,7,9H2,1-2H3. The number of ether oxygens (including phenoxy) is 1. The van der Waals surface area contributed by atoms with Gasteiger partial charge < -0.3 is 4.74 Å². The quantitative estimate of drug-likeness (QED) is 0.552. The Bertz CT molecular complexity index is 1150. The smallest absolute Gasteiger partial charge is 0.337 e. The number of benzene rings is 2. The predicted octanol–water partition coefficient (Wildman–Crippen LogP) is 5.00. The molecule has 3 aromatic rings. The number of hydrogen-bond donors (Lipinski definition) is 0. The van der Waals surface area contributed by atoms with Gasteiger partial charge in [0.05, 0.1) is 34.6 Å². The van der Waals surface area contributed by atoms with E-state index in [1.807, 2.05) is 13.0 Å². The number of carbonyl (C=O) groups is 2. The van der Waals surface area contributed by atoms with Crippen molar-refractivity contribution in [1.29, 1.82) is 0 Å². The zero-order chi connectivity index (χ0) is 21.4. The van der Waals surface area contributed by atoms with Crippen LogP contribution in [0.2, 0.25) is 5.02 Å². The molecule has 0 atom stereocenters. The van der Waals surface area contributed by atoms with Crippen LogP contribution in [0.3, 0.4) is 0 Å². The van der Waals surface area contributed by atoms with Crippen LogP contribution < -0.4 is 0 Å². The van der Waals surface area contributed by atoms with Crippen LogP contribution in [0.15, 0.2) is 36.4 Å². The molecule has 0 saturated carbocycles. The number of methoxy groups -OCH3 is 1. The Labute approximate surface area is 178 Å². The number of carbonyl (C=O) groups excluding carboxylic acids is 2. The topological polar surface area (TPSA) is 61.2 Å². The van der Waals surface area contributed by atoms with E-state index in [2.05, 4.69) is 9.84 Å². The molecule has 1 aliphatic rings. The van der Waals surface area contributed by atoms with E-state index in [1.165, 1.54) is 23.9 Å². The number of nitrogens with zero attached hydrogens (tertiary/aromatic N) is 2. The fourth-order valence-electron chi connectivity index (χ4n) is 3.94. The summed E-state index contributed by atoms with van der Waals surface area (Å²) in [5.41, 5.74) is 3.60. The molecule has 0 bridgehead atoms. The van der Waals surface area contributed by atoms with E-state index in [9.17, 15) is 14.0 Å². The molecule has 5 nitrogen and oxygen atoms in total. The number of rotatable bonds is 3. The van der Waals surface area contributed by atoms with Gasteiger partial charge in [0.25, 0.3) is 5.91 Å². The second kappa shape index (κ2) is 8.03. The Kier molecular flexibility index (Phi) is 5.43. The molecular formula is C23H20ClFN2O3. The molecule has 0 unspecified atom stereocenters. The molecule has 0 radical (unpaired) electrons. The second-order valence-corrected chi connectivity index (χ2v) is 7.72. The first kappa shape index (κ1) is 20.3. The van der Waals surface area contributed by atoms with Crippen molar-refractivity contribution in [3.8, 4) is 11.3 Å². The largest absolute Gasteiger partial charge is 0.465 e. The van der Waals surface area contributed by atoms with Gasteiger partial charge in [-0.3, -0.25) is 4.79 Å². The van der Waals surface area contributed by atoms with Crippen LogP contribution >= 0.6 is 11.6 Å². The number of esters is 1. The summed E-state index contributed by atoms with van der Waals surface area (Å²) in [7, 11) is 1.24. The van der Waals surface area contributed by atoms with Gasteiger partial charge >= 0.3 is 5.97 Å². The fourth-order valence-corrected chi connectivity index (χ4v) is 4.25. The van der Waals surface area contributed by atoms with E-state index < -0.39 is 11.8 Å². The molecule has 4 rings (SSSR count). The monoisotopic (exact) mass is 426 g/mol. The van der Waals surface area contributed by atoms with Crippen LogP contribution in [0, 0.1) is 12.7 Å². The van der Waals surface area contributed by atoms with Gasteiger partial charge in [0.1, 0.15) is 5.82 Å². The Balaban J connectivity index is 1.85. The maximum absolute atomic E-state index is 14.9. The number of aromatic nitrogens is 2. The minimum atomic E-state index is -0.614. The third kappa shape index (κ3) is 3.41. The SMILES string of the molecule is COC(=O)c1ccc(-c2nn(C(=O)c3c(C)cccc3Cl)c3c2CCCC3)c(F)c1. The Morgan fingerprint density at radius 3 is 2.63 bits per heavy atom. The lowest BCUT2D eigenvalue weighted by molar-refractivity contribution is 0.0600. The van der Waals surface area contributed by atoms with E-state index in [0.717, 1.165) is 35.7 Å². The highest BCUT2D eigenvalue weighted by atomic mass is 35.5. The summed E-state index contributed by atoms with van der Waals surface area (Å²) in [5, 5.41) is 4.89. The first-order chi connectivity index (χ1) is 14.4. The minimum Gasteiger partial charge on any atom is -0.465 e. The van der Waals surface area contributed by atoms with Crippen molar-refractivity contribution in [2.75, 3.05) is 7.11 Å². The molecule has 154 valence electrons. The Hall–Kier alpha value is -2.99. The number of halogens is 2. The maximum atomic E-state index is 14.9. The summed E-state index contributed by atoms with van der Waals surface area (Å²) in [6.07, 6.45) is 3.25. The third-order valence-corrected chi connectivity index (χ3v) is 5.77. The third-order valence-electron chi connectivity index (χ3n) is 5.45. The lowest BCUT2D eigenvalue weighted by atomic mass is 9.93. The van der Waals surface area contributed by atoms with Gasteiger partial charge in [0.15, 0.2) is 0 Å². The predicted molar refractivity (Wildman–Crippen MR) is 112 cm³/mol. The summed E-state index contributed by atoms with van der Waals surface area (Å²) in [5.74, 6) is -1.52. The van der Waals surface area contributed by atoms with Gasteiger partial charge in [0, 0.05) is 11.1 Å². The van der Waals surface area contributed by atoms with Crippen LogP contribution in [0.1, 0.15) is 50.4 Å². The highest BCUT2D eigenvalue weighted by Crippen LogP contribution is 2.34. The summed E-state index contributed by atoms with van der Waals surface area (Å²) >= 11 is 6.30. The van der Waals surface area contributed by atoms with Gasteiger partial charge in [-0.2, -0.15) is 9.78 Å². The van der Waals surface area contributed by atoms with E-state index in [0.29, 0.717) is 29.1 Å². The minimum absolute atomic E-state index is 0.120. The molecule has 1 aliphatic carbocycles. The van der Waals surface area contributed by atoms with Crippen LogP contribution in [0.5, 0.6) is 0 Å². The molecule has 0 saturated heterocycles. The van der Waals surface area contributed by atoms with E-state index >= 15 is 0 Å². The van der Waals surface area contributed by atoms with Crippen LogP contribution in [-0.4, -0.2) is 28.8 Å². The van der Waals surface area contributed by atoms with E-state index in [4.69, 9.17) is 11.6 Å². The summed E-state index contributed by atoms with van der Waals surface area (Å²) in [6.45, 7) is 1.82. The Morgan fingerprint density at radius 1 is 1.17 bits per heavy atom. The molecule has 1 heterocycles. The van der Waals surface area contributed by atoms with Gasteiger partial charge in [0.2, 0.25) is 0 Å². The fraction of sp³-hybridized carbons (Fsp3) is 0.261. The molecule has 30 heavy (non-hydrogen) atoms. The number of hydrogen-bond acceptors (Lipinski definition) is 4. The van der Waals surface area contributed by atoms with Gasteiger partial charge in [-0.15, -0.1) is 0 Å². The second-order valence-electron chi connectivity index (χ2n) is 7.32. The van der Waals surface area contributed by atoms with Crippen molar-refractivity contribution in [1.82, 2.24) is 9.78 Å². The normalized spacial score (nSPS) is 13.1. The van der Waals surface area contributed by atoms with Gasteiger partial charge in [-0.25, -0.2) is 9.18 Å². The molecule has 1 aromatic heterocycles. The maximum Gasteiger partial charge on any atom is 0.337 e. The van der Waals surface area contributed by atoms with Crippen molar-refractivity contribution in [2.24, 2.45) is 0 Å². The van der Waals surface area contributed by atoms with Crippen LogP contribution in [-0.2, 0) is 17.6 Å². The zero-order valence-corrected chi connectivity index (χ0v) is 17.4. The summed E-state index contributed by atoms with van der Waals surface area (Å²) in [6, 6.07) is 9.42. The Morgan fingerprint density at radius 2 is 1.93 bits per heavy atom. The van der Waals surface area contributed by atoms with E-state index in [-0.39, 0.29) is 17.0 Å². The van der Waals surface area contributed by atoms with Crippen molar-refractivity contribution in [2.45, 2.75) is 32.6 Å². The van der Waals surface area contributed by atoms with Crippen molar-refractivity contribution in [3.05, 3.63) is 75.2 Å². The van der Waals surface area contributed by atoms with E-state index in [1.54, 1.807) is 12.1 Å². The molecule has 2 aromatic carbocycles. The average molecular weight is 427 g/mol. The van der Waals surface area contributed by atoms with Gasteiger partial charge in [-0.05, 0) is 62.4 Å². The van der Waals surface area contributed by atoms with Gasteiger partial charge in [-0.1, -0.05) is 23.7 Å².